The third kappa shape index (κ3) is 5.84. The number of aromatic nitrogens is 2. The molecule has 0 atom stereocenters. The summed E-state index contributed by atoms with van der Waals surface area (Å²) in [6, 6.07) is 20.0. The van der Waals surface area contributed by atoms with E-state index in [0.717, 1.165) is 5.69 Å². The van der Waals surface area contributed by atoms with Crippen molar-refractivity contribution in [2.24, 2.45) is 10.9 Å². The van der Waals surface area contributed by atoms with Crippen molar-refractivity contribution in [3.63, 3.8) is 0 Å². The van der Waals surface area contributed by atoms with E-state index in [1.165, 1.54) is 5.56 Å². The fourth-order valence-electron chi connectivity index (χ4n) is 2.12. The number of H-pyrrole nitrogens is 1. The lowest BCUT2D eigenvalue weighted by Crippen LogP contribution is -2.33. The Balaban J connectivity index is 0.000000355. The fourth-order valence-corrected chi connectivity index (χ4v) is 2.12. The zero-order valence-corrected chi connectivity index (χ0v) is 13.3. The predicted molar refractivity (Wildman–Crippen MR) is 95.9 cm³/mol. The van der Waals surface area contributed by atoms with Crippen LogP contribution in [0.2, 0.25) is 0 Å². The van der Waals surface area contributed by atoms with E-state index >= 15 is 0 Å². The van der Waals surface area contributed by atoms with Crippen LogP contribution in [0.3, 0.4) is 0 Å². The van der Waals surface area contributed by atoms with Gasteiger partial charge in [0.2, 0.25) is 0 Å². The summed E-state index contributed by atoms with van der Waals surface area (Å²) in [6.45, 7) is 1.09. The second-order valence-corrected chi connectivity index (χ2v) is 5.03. The van der Waals surface area contributed by atoms with Crippen molar-refractivity contribution in [3.8, 4) is 0 Å². The van der Waals surface area contributed by atoms with Crippen LogP contribution >= 0.6 is 0 Å². The lowest BCUT2D eigenvalue weighted by atomic mass is 10.2. The van der Waals surface area contributed by atoms with Gasteiger partial charge in [0, 0.05) is 24.6 Å². The van der Waals surface area contributed by atoms with Gasteiger partial charge in [-0.15, -0.1) is 0 Å². The number of nitrogens with zero attached hydrogens (tertiary/aromatic N) is 3. The van der Waals surface area contributed by atoms with Crippen LogP contribution in [0.15, 0.2) is 84.5 Å². The van der Waals surface area contributed by atoms with Crippen molar-refractivity contribution >= 4 is 11.5 Å². The molecule has 0 saturated carbocycles. The molecule has 2 aromatic carbocycles. The van der Waals surface area contributed by atoms with Gasteiger partial charge in [0.1, 0.15) is 0 Å². The van der Waals surface area contributed by atoms with Gasteiger partial charge in [0.05, 0.1) is 12.9 Å². The van der Waals surface area contributed by atoms with Gasteiger partial charge in [0.25, 0.3) is 0 Å². The zero-order valence-electron chi connectivity index (χ0n) is 13.3. The number of rotatable bonds is 5. The van der Waals surface area contributed by atoms with Crippen molar-refractivity contribution < 1.29 is 5.21 Å². The standard InChI is InChI=1S/C15H17N3O.C3H4N2/c16-15(17-19)12-18(14-9-5-2-6-10-14)11-13-7-3-1-4-8-13;1-2-5-3-4-1/h1-10,19H,11-12H2,(H2,16,17);1-3H,(H,4,5). The molecule has 0 fully saturated rings. The van der Waals surface area contributed by atoms with Crippen molar-refractivity contribution in [2.45, 2.75) is 6.54 Å². The van der Waals surface area contributed by atoms with E-state index < -0.39 is 0 Å². The van der Waals surface area contributed by atoms with Crippen LogP contribution in [0.4, 0.5) is 5.69 Å². The Morgan fingerprint density at radius 3 is 2.25 bits per heavy atom. The number of para-hydroxylation sites is 1. The smallest absolute Gasteiger partial charge is 0.158 e. The number of nitrogens with two attached hydrogens (primary N) is 1. The molecular formula is C18H21N5O. The molecule has 0 saturated heterocycles. The molecule has 1 aromatic heterocycles. The van der Waals surface area contributed by atoms with Crippen LogP contribution in [0.25, 0.3) is 0 Å². The largest absolute Gasteiger partial charge is 0.409 e. The molecule has 0 aliphatic rings. The second kappa shape index (κ2) is 9.68. The number of oxime groups is 1. The second-order valence-electron chi connectivity index (χ2n) is 5.03. The summed E-state index contributed by atoms with van der Waals surface area (Å²) in [4.78, 5) is 8.48. The first-order valence-electron chi connectivity index (χ1n) is 7.52. The average molecular weight is 323 g/mol. The molecule has 24 heavy (non-hydrogen) atoms. The molecule has 0 spiro atoms. The highest BCUT2D eigenvalue weighted by atomic mass is 16.4. The Labute approximate surface area is 141 Å². The molecule has 0 aliphatic heterocycles. The molecule has 6 heteroatoms. The van der Waals surface area contributed by atoms with E-state index in [2.05, 4.69) is 32.2 Å². The first-order chi connectivity index (χ1) is 11.8. The Morgan fingerprint density at radius 1 is 1.08 bits per heavy atom. The fraction of sp³-hybridized carbons (Fsp3) is 0.111. The van der Waals surface area contributed by atoms with E-state index in [-0.39, 0.29) is 5.84 Å². The van der Waals surface area contributed by atoms with Crippen LogP contribution in [0, 0.1) is 0 Å². The normalized spacial score (nSPS) is 10.6. The summed E-state index contributed by atoms with van der Waals surface area (Å²) in [7, 11) is 0. The van der Waals surface area contributed by atoms with Gasteiger partial charge in [-0.3, -0.25) is 0 Å². The van der Waals surface area contributed by atoms with E-state index in [9.17, 15) is 0 Å². The van der Waals surface area contributed by atoms with Crippen molar-refractivity contribution in [1.82, 2.24) is 9.97 Å². The monoisotopic (exact) mass is 323 g/mol. The Kier molecular flexibility index (Phi) is 6.89. The number of anilines is 1. The number of imidazole rings is 1. The van der Waals surface area contributed by atoms with Crippen LogP contribution in [0.1, 0.15) is 5.56 Å². The minimum Gasteiger partial charge on any atom is -0.409 e. The zero-order chi connectivity index (χ0) is 17.0. The van der Waals surface area contributed by atoms with Gasteiger partial charge in [-0.2, -0.15) is 0 Å². The van der Waals surface area contributed by atoms with E-state index in [0.29, 0.717) is 13.1 Å². The van der Waals surface area contributed by atoms with E-state index in [1.54, 1.807) is 18.7 Å². The summed E-state index contributed by atoms with van der Waals surface area (Å²) in [5.74, 6) is 0.194. The topological polar surface area (TPSA) is 90.5 Å². The summed E-state index contributed by atoms with van der Waals surface area (Å²) in [5, 5.41) is 11.8. The van der Waals surface area contributed by atoms with Gasteiger partial charge in [0.15, 0.2) is 5.84 Å². The van der Waals surface area contributed by atoms with Gasteiger partial charge in [-0.25, -0.2) is 4.98 Å². The molecule has 4 N–H and O–H groups in total. The maximum absolute atomic E-state index is 8.73. The average Bonchev–Trinajstić information content (AvgIpc) is 3.23. The highest BCUT2D eigenvalue weighted by Gasteiger charge is 2.09. The first kappa shape index (κ1) is 17.1. The van der Waals surface area contributed by atoms with Crippen LogP contribution < -0.4 is 10.6 Å². The molecule has 0 unspecified atom stereocenters. The molecule has 0 bridgehead atoms. The van der Waals surface area contributed by atoms with Crippen LogP contribution in [-0.2, 0) is 6.54 Å². The number of hydrogen-bond acceptors (Lipinski definition) is 4. The highest BCUT2D eigenvalue weighted by molar-refractivity contribution is 5.84. The lowest BCUT2D eigenvalue weighted by molar-refractivity contribution is 0.317. The number of amidine groups is 1. The molecule has 6 nitrogen and oxygen atoms in total. The lowest BCUT2D eigenvalue weighted by Gasteiger charge is -2.24. The number of aromatic amines is 1. The molecule has 0 radical (unpaired) electrons. The van der Waals surface area contributed by atoms with Crippen LogP contribution in [0.5, 0.6) is 0 Å². The van der Waals surface area contributed by atoms with Crippen molar-refractivity contribution in [2.75, 3.05) is 11.4 Å². The predicted octanol–water partition coefficient (Wildman–Crippen LogP) is 2.85. The van der Waals surface area contributed by atoms with Gasteiger partial charge in [-0.1, -0.05) is 53.7 Å². The number of benzene rings is 2. The number of nitrogens with one attached hydrogen (secondary N) is 1. The van der Waals surface area contributed by atoms with E-state index in [4.69, 9.17) is 10.9 Å². The van der Waals surface area contributed by atoms with Crippen molar-refractivity contribution in [1.29, 1.82) is 0 Å². The van der Waals surface area contributed by atoms with Gasteiger partial charge >= 0.3 is 0 Å². The summed E-state index contributed by atoms with van der Waals surface area (Å²) in [6.07, 6.45) is 5.08. The Bertz CT molecular complexity index is 682. The maximum Gasteiger partial charge on any atom is 0.158 e. The summed E-state index contributed by atoms with van der Waals surface area (Å²) in [5.41, 5.74) is 7.84. The summed E-state index contributed by atoms with van der Waals surface area (Å²) >= 11 is 0. The minimum absolute atomic E-state index is 0.194. The third-order valence-corrected chi connectivity index (χ3v) is 3.22. The Hall–Kier alpha value is -3.28. The number of hydrogen-bond donors (Lipinski definition) is 3. The third-order valence-electron chi connectivity index (χ3n) is 3.22. The highest BCUT2D eigenvalue weighted by Crippen LogP contribution is 2.16. The molecule has 0 amide bonds. The first-order valence-corrected chi connectivity index (χ1v) is 7.52. The van der Waals surface area contributed by atoms with Crippen LogP contribution in [-0.4, -0.2) is 27.6 Å². The molecule has 3 aromatic rings. The maximum atomic E-state index is 8.73. The van der Waals surface area contributed by atoms with Crippen molar-refractivity contribution in [3.05, 3.63) is 84.9 Å². The quantitative estimate of drug-likeness (QED) is 0.291. The van der Waals surface area contributed by atoms with E-state index in [1.807, 2.05) is 48.5 Å². The minimum atomic E-state index is 0.194. The summed E-state index contributed by atoms with van der Waals surface area (Å²) < 4.78 is 0. The molecule has 1 heterocycles. The molecule has 3 rings (SSSR count). The molecule has 0 aliphatic carbocycles. The SMILES string of the molecule is N/C(CN(Cc1ccccc1)c1ccccc1)=N\O.c1c[nH]cn1. The van der Waals surface area contributed by atoms with Gasteiger partial charge in [-0.05, 0) is 17.7 Å². The van der Waals surface area contributed by atoms with Gasteiger partial charge < -0.3 is 20.8 Å². The Morgan fingerprint density at radius 2 is 1.75 bits per heavy atom. The molecule has 124 valence electrons. The molecular weight excluding hydrogens is 302 g/mol.